The fourth-order valence-electron chi connectivity index (χ4n) is 4.81. The molecular formula is C27H32N2O5. The lowest BCUT2D eigenvalue weighted by molar-refractivity contribution is -0.0316. The molecule has 0 atom stereocenters. The van der Waals surface area contributed by atoms with Crippen LogP contribution in [0, 0.1) is 5.41 Å². The molecule has 0 bridgehead atoms. The number of rotatable bonds is 5. The molecule has 2 aliphatic heterocycles. The van der Waals surface area contributed by atoms with Crippen LogP contribution in [-0.2, 0) is 12.1 Å². The largest absolute Gasteiger partial charge is 0.454 e. The molecule has 2 aromatic carbocycles. The number of nitrogens with one attached hydrogen (secondary N) is 1. The Kier molecular flexibility index (Phi) is 5.78. The average molecular weight is 465 g/mol. The smallest absolute Gasteiger partial charge is 0.287 e. The summed E-state index contributed by atoms with van der Waals surface area (Å²) in [5.74, 6) is 1.36. The second kappa shape index (κ2) is 8.64. The first-order valence-corrected chi connectivity index (χ1v) is 11.8. The third-order valence-electron chi connectivity index (χ3n) is 6.55. The molecule has 1 fully saturated rings. The number of benzene rings is 2. The van der Waals surface area contributed by atoms with Gasteiger partial charge in [0.2, 0.25) is 6.79 Å². The monoisotopic (exact) mass is 464 g/mol. The first-order valence-electron chi connectivity index (χ1n) is 11.8. The van der Waals surface area contributed by atoms with Crippen molar-refractivity contribution in [3.63, 3.8) is 0 Å². The third kappa shape index (κ3) is 4.76. The van der Waals surface area contributed by atoms with Gasteiger partial charge >= 0.3 is 0 Å². The van der Waals surface area contributed by atoms with Gasteiger partial charge in [0.25, 0.3) is 5.91 Å². The number of carbonyl (C=O) groups is 1. The SMILES string of the molecule is CC(C)(C)CN1CCC(O)(c2ccc3oc(C(=O)NCc4ccc5c(c4)OCO5)cc3c2)CC1. The van der Waals surface area contributed by atoms with E-state index in [1.54, 1.807) is 6.07 Å². The van der Waals surface area contributed by atoms with E-state index in [9.17, 15) is 9.90 Å². The van der Waals surface area contributed by atoms with Gasteiger partial charge in [0, 0.05) is 31.6 Å². The van der Waals surface area contributed by atoms with Crippen LogP contribution in [0.5, 0.6) is 11.5 Å². The van der Waals surface area contributed by atoms with Crippen molar-refractivity contribution < 1.29 is 23.8 Å². The Morgan fingerprint density at radius 3 is 2.59 bits per heavy atom. The van der Waals surface area contributed by atoms with Gasteiger partial charge in [0.1, 0.15) is 5.58 Å². The molecular weight excluding hydrogens is 432 g/mol. The molecule has 0 aliphatic carbocycles. The minimum absolute atomic E-state index is 0.219. The molecule has 2 N–H and O–H groups in total. The Morgan fingerprint density at radius 1 is 1.06 bits per heavy atom. The third-order valence-corrected chi connectivity index (χ3v) is 6.55. The molecule has 2 aliphatic rings. The quantitative estimate of drug-likeness (QED) is 0.582. The lowest BCUT2D eigenvalue weighted by atomic mass is 9.83. The molecule has 0 radical (unpaired) electrons. The van der Waals surface area contributed by atoms with E-state index in [1.807, 2.05) is 36.4 Å². The van der Waals surface area contributed by atoms with Crippen molar-refractivity contribution in [2.24, 2.45) is 5.41 Å². The lowest BCUT2D eigenvalue weighted by Gasteiger charge is -2.40. The topological polar surface area (TPSA) is 84.2 Å². The van der Waals surface area contributed by atoms with E-state index in [0.29, 0.717) is 36.5 Å². The molecule has 3 heterocycles. The second-order valence-electron chi connectivity index (χ2n) is 10.6. The van der Waals surface area contributed by atoms with Crippen LogP contribution in [0.3, 0.4) is 0 Å². The highest BCUT2D eigenvalue weighted by molar-refractivity contribution is 5.96. The Bertz CT molecular complexity index is 1200. The number of fused-ring (bicyclic) bond motifs is 2. The number of carbonyl (C=O) groups excluding carboxylic acids is 1. The summed E-state index contributed by atoms with van der Waals surface area (Å²) in [5, 5.41) is 15.1. The Balaban J connectivity index is 1.25. The number of ether oxygens (including phenoxy) is 2. The molecule has 1 saturated heterocycles. The number of likely N-dealkylation sites (tertiary alicyclic amines) is 1. The van der Waals surface area contributed by atoms with E-state index >= 15 is 0 Å². The van der Waals surface area contributed by atoms with Crippen LogP contribution in [0.15, 0.2) is 46.9 Å². The van der Waals surface area contributed by atoms with Crippen LogP contribution < -0.4 is 14.8 Å². The molecule has 1 aromatic heterocycles. The predicted octanol–water partition coefficient (Wildman–Crippen LogP) is 4.42. The van der Waals surface area contributed by atoms with Crippen molar-refractivity contribution in [1.29, 1.82) is 0 Å². The highest BCUT2D eigenvalue weighted by atomic mass is 16.7. The van der Waals surface area contributed by atoms with Crippen LogP contribution in [0.25, 0.3) is 11.0 Å². The number of hydrogen-bond acceptors (Lipinski definition) is 6. The first-order chi connectivity index (χ1) is 16.2. The minimum Gasteiger partial charge on any atom is -0.454 e. The van der Waals surface area contributed by atoms with E-state index < -0.39 is 5.60 Å². The van der Waals surface area contributed by atoms with Crippen LogP contribution in [0.2, 0.25) is 0 Å². The maximum absolute atomic E-state index is 12.7. The van der Waals surface area contributed by atoms with Crippen molar-refractivity contribution in [3.8, 4) is 11.5 Å². The summed E-state index contributed by atoms with van der Waals surface area (Å²) in [4.78, 5) is 15.1. The van der Waals surface area contributed by atoms with Gasteiger partial charge in [0.15, 0.2) is 17.3 Å². The Hall–Kier alpha value is -3.03. The summed E-state index contributed by atoms with van der Waals surface area (Å²) < 4.78 is 16.5. The second-order valence-corrected chi connectivity index (χ2v) is 10.6. The summed E-state index contributed by atoms with van der Waals surface area (Å²) in [6.45, 7) is 10.0. The molecule has 180 valence electrons. The lowest BCUT2D eigenvalue weighted by Crippen LogP contribution is -2.45. The van der Waals surface area contributed by atoms with Gasteiger partial charge in [-0.1, -0.05) is 32.9 Å². The number of aliphatic hydroxyl groups is 1. The van der Waals surface area contributed by atoms with Gasteiger partial charge in [-0.25, -0.2) is 0 Å². The van der Waals surface area contributed by atoms with Crippen LogP contribution in [0.1, 0.15) is 55.3 Å². The molecule has 3 aromatic rings. The Labute approximate surface area is 199 Å². The van der Waals surface area contributed by atoms with Gasteiger partial charge in [-0.2, -0.15) is 0 Å². The maximum Gasteiger partial charge on any atom is 0.287 e. The van der Waals surface area contributed by atoms with Crippen LogP contribution in [0.4, 0.5) is 0 Å². The van der Waals surface area contributed by atoms with Crippen LogP contribution in [-0.4, -0.2) is 42.3 Å². The van der Waals surface area contributed by atoms with Crippen molar-refractivity contribution in [1.82, 2.24) is 10.2 Å². The van der Waals surface area contributed by atoms with Crippen molar-refractivity contribution in [2.45, 2.75) is 45.8 Å². The Morgan fingerprint density at radius 2 is 1.82 bits per heavy atom. The van der Waals surface area contributed by atoms with Crippen molar-refractivity contribution in [3.05, 3.63) is 59.4 Å². The molecule has 7 nitrogen and oxygen atoms in total. The van der Waals surface area contributed by atoms with Gasteiger partial charge < -0.3 is 29.2 Å². The number of nitrogens with zero attached hydrogens (tertiary/aromatic N) is 1. The number of piperidine rings is 1. The molecule has 0 saturated carbocycles. The molecule has 0 unspecified atom stereocenters. The number of amides is 1. The summed E-state index contributed by atoms with van der Waals surface area (Å²) in [6, 6.07) is 13.1. The van der Waals surface area contributed by atoms with Gasteiger partial charge in [-0.3, -0.25) is 4.79 Å². The molecule has 1 amide bonds. The fraction of sp³-hybridized carbons (Fsp3) is 0.444. The average Bonchev–Trinajstić information content (AvgIpc) is 3.44. The summed E-state index contributed by atoms with van der Waals surface area (Å²) in [5.41, 5.74) is 1.80. The minimum atomic E-state index is -0.860. The highest BCUT2D eigenvalue weighted by Gasteiger charge is 2.35. The van der Waals surface area contributed by atoms with E-state index in [0.717, 1.165) is 36.1 Å². The van der Waals surface area contributed by atoms with E-state index in [2.05, 4.69) is 31.0 Å². The zero-order chi connectivity index (χ0) is 23.9. The highest BCUT2D eigenvalue weighted by Crippen LogP contribution is 2.36. The maximum atomic E-state index is 12.7. The van der Waals surface area contributed by atoms with Gasteiger partial charge in [-0.05, 0) is 59.7 Å². The van der Waals surface area contributed by atoms with E-state index in [-0.39, 0.29) is 23.9 Å². The van der Waals surface area contributed by atoms with E-state index in [1.165, 1.54) is 0 Å². The molecule has 34 heavy (non-hydrogen) atoms. The predicted molar refractivity (Wildman–Crippen MR) is 129 cm³/mol. The van der Waals surface area contributed by atoms with Crippen LogP contribution >= 0.6 is 0 Å². The summed E-state index contributed by atoms with van der Waals surface area (Å²) >= 11 is 0. The molecule has 0 spiro atoms. The zero-order valence-electron chi connectivity index (χ0n) is 20.0. The number of hydrogen-bond donors (Lipinski definition) is 2. The standard InChI is InChI=1S/C27H32N2O5/c1-26(2,3)16-29-10-8-27(31,9-11-29)20-5-7-21-19(13-20)14-24(34-21)25(30)28-15-18-4-6-22-23(12-18)33-17-32-22/h4-7,12-14,31H,8-11,15-17H2,1-3H3,(H,28,30). The fourth-order valence-corrected chi connectivity index (χ4v) is 4.81. The first kappa shape index (κ1) is 22.7. The summed E-state index contributed by atoms with van der Waals surface area (Å²) in [7, 11) is 0. The normalized spacial score (nSPS) is 17.8. The van der Waals surface area contributed by atoms with Gasteiger partial charge in [-0.15, -0.1) is 0 Å². The van der Waals surface area contributed by atoms with Crippen molar-refractivity contribution in [2.75, 3.05) is 26.4 Å². The number of furan rings is 1. The zero-order valence-corrected chi connectivity index (χ0v) is 20.0. The molecule has 5 rings (SSSR count). The molecule has 7 heteroatoms. The van der Waals surface area contributed by atoms with E-state index in [4.69, 9.17) is 13.9 Å². The van der Waals surface area contributed by atoms with Gasteiger partial charge in [0.05, 0.1) is 5.60 Å². The summed E-state index contributed by atoms with van der Waals surface area (Å²) in [6.07, 6.45) is 1.38. The van der Waals surface area contributed by atoms with Crippen molar-refractivity contribution >= 4 is 16.9 Å².